The first-order valence-corrected chi connectivity index (χ1v) is 5.28. The lowest BCUT2D eigenvalue weighted by atomic mass is 9.80. The fraction of sp³-hybridized carbons (Fsp3) is 0.417. The van der Waals surface area contributed by atoms with Crippen LogP contribution in [-0.2, 0) is 10.2 Å². The van der Waals surface area contributed by atoms with Gasteiger partial charge in [0.2, 0.25) is 0 Å². The molecule has 0 heterocycles. The highest BCUT2D eigenvalue weighted by Crippen LogP contribution is 2.33. The number of carbonyl (C=O) groups is 1. The first-order chi connectivity index (χ1) is 6.93. The van der Waals surface area contributed by atoms with Crippen molar-refractivity contribution in [1.29, 1.82) is 0 Å². The van der Waals surface area contributed by atoms with Crippen molar-refractivity contribution in [2.75, 3.05) is 0 Å². The summed E-state index contributed by atoms with van der Waals surface area (Å²) in [5.74, 6) is -0.768. The van der Waals surface area contributed by atoms with E-state index in [1.165, 1.54) is 0 Å². The van der Waals surface area contributed by atoms with E-state index >= 15 is 0 Å². The minimum atomic E-state index is -0.768. The average molecular weight is 227 g/mol. The number of halogens is 1. The van der Waals surface area contributed by atoms with E-state index in [0.29, 0.717) is 11.4 Å². The maximum Gasteiger partial charge on any atom is 0.303 e. The summed E-state index contributed by atoms with van der Waals surface area (Å²) in [5.41, 5.74) is 0.810. The highest BCUT2D eigenvalue weighted by molar-refractivity contribution is 6.31. The maximum absolute atomic E-state index is 10.5. The first-order valence-electron chi connectivity index (χ1n) is 4.90. The summed E-state index contributed by atoms with van der Waals surface area (Å²) >= 11 is 6.08. The number of carboxylic acid groups (broad SMARTS) is 1. The monoisotopic (exact) mass is 226 g/mol. The Morgan fingerprint density at radius 3 is 2.53 bits per heavy atom. The van der Waals surface area contributed by atoms with Gasteiger partial charge in [0.25, 0.3) is 0 Å². The van der Waals surface area contributed by atoms with Crippen molar-refractivity contribution >= 4 is 17.6 Å². The quantitative estimate of drug-likeness (QED) is 0.854. The molecule has 0 amide bonds. The molecule has 0 aromatic heterocycles. The van der Waals surface area contributed by atoms with E-state index in [0.717, 1.165) is 5.56 Å². The van der Waals surface area contributed by atoms with Crippen LogP contribution in [0.25, 0.3) is 0 Å². The van der Waals surface area contributed by atoms with E-state index < -0.39 is 5.97 Å². The summed E-state index contributed by atoms with van der Waals surface area (Å²) in [7, 11) is 0. The third-order valence-corrected chi connectivity index (χ3v) is 2.90. The van der Waals surface area contributed by atoms with Crippen LogP contribution in [-0.4, -0.2) is 11.1 Å². The van der Waals surface area contributed by atoms with Crippen LogP contribution in [0.15, 0.2) is 24.3 Å². The van der Waals surface area contributed by atoms with E-state index in [1.807, 2.05) is 38.1 Å². The second-order valence-corrected chi connectivity index (χ2v) is 4.66. The highest BCUT2D eigenvalue weighted by Gasteiger charge is 2.23. The minimum Gasteiger partial charge on any atom is -0.481 e. The van der Waals surface area contributed by atoms with Crippen molar-refractivity contribution in [3.8, 4) is 0 Å². The van der Waals surface area contributed by atoms with E-state index in [4.69, 9.17) is 16.7 Å². The van der Waals surface area contributed by atoms with Gasteiger partial charge in [-0.1, -0.05) is 43.6 Å². The number of rotatable bonds is 4. The Kier molecular flexibility index (Phi) is 3.75. The molecule has 15 heavy (non-hydrogen) atoms. The molecule has 0 aliphatic rings. The summed E-state index contributed by atoms with van der Waals surface area (Å²) in [4.78, 5) is 10.5. The van der Waals surface area contributed by atoms with Gasteiger partial charge in [-0.05, 0) is 23.5 Å². The minimum absolute atomic E-state index is 0.165. The molecule has 1 aromatic carbocycles. The smallest absolute Gasteiger partial charge is 0.303 e. The lowest BCUT2D eigenvalue weighted by Gasteiger charge is -2.25. The topological polar surface area (TPSA) is 37.3 Å². The molecule has 2 nitrogen and oxygen atoms in total. The molecular weight excluding hydrogens is 212 g/mol. The Hall–Kier alpha value is -1.02. The van der Waals surface area contributed by atoms with Crippen LogP contribution in [0.2, 0.25) is 5.02 Å². The van der Waals surface area contributed by atoms with Gasteiger partial charge >= 0.3 is 5.97 Å². The van der Waals surface area contributed by atoms with E-state index in [-0.39, 0.29) is 11.8 Å². The molecule has 0 unspecified atom stereocenters. The third-order valence-electron chi connectivity index (χ3n) is 2.57. The molecule has 0 saturated heterocycles. The van der Waals surface area contributed by atoms with Gasteiger partial charge in [0.1, 0.15) is 0 Å². The van der Waals surface area contributed by atoms with Gasteiger partial charge in [-0.15, -0.1) is 0 Å². The average Bonchev–Trinajstić information content (AvgIpc) is 2.15. The van der Waals surface area contributed by atoms with Crippen LogP contribution < -0.4 is 0 Å². The molecule has 0 radical (unpaired) electrons. The lowest BCUT2D eigenvalue weighted by molar-refractivity contribution is -0.137. The van der Waals surface area contributed by atoms with Gasteiger partial charge in [-0.2, -0.15) is 0 Å². The van der Waals surface area contributed by atoms with E-state index in [1.54, 1.807) is 0 Å². The Balaban J connectivity index is 2.85. The summed E-state index contributed by atoms with van der Waals surface area (Å²) in [5, 5.41) is 9.36. The predicted molar refractivity (Wildman–Crippen MR) is 61.3 cm³/mol. The third kappa shape index (κ3) is 3.24. The molecular formula is C12H15ClO2. The van der Waals surface area contributed by atoms with Gasteiger partial charge in [0, 0.05) is 11.4 Å². The first kappa shape index (κ1) is 12.1. The highest BCUT2D eigenvalue weighted by atomic mass is 35.5. The Bertz CT molecular complexity index is 358. The number of aliphatic carboxylic acids is 1. The largest absolute Gasteiger partial charge is 0.481 e. The van der Waals surface area contributed by atoms with Gasteiger partial charge < -0.3 is 5.11 Å². The molecule has 0 spiro atoms. The standard InChI is InChI=1S/C12H15ClO2/c1-12(2,8-7-11(14)15)9-5-3-4-6-10(9)13/h3-6H,7-8H2,1-2H3,(H,14,15). The van der Waals surface area contributed by atoms with Crippen LogP contribution in [0, 0.1) is 0 Å². The summed E-state index contributed by atoms with van der Waals surface area (Å²) in [6.07, 6.45) is 0.754. The molecule has 0 aliphatic heterocycles. The zero-order valence-electron chi connectivity index (χ0n) is 8.96. The van der Waals surface area contributed by atoms with Crippen molar-refractivity contribution in [1.82, 2.24) is 0 Å². The van der Waals surface area contributed by atoms with Gasteiger partial charge in [0.15, 0.2) is 0 Å². The Morgan fingerprint density at radius 2 is 2.00 bits per heavy atom. The number of carboxylic acids is 1. The molecule has 82 valence electrons. The fourth-order valence-corrected chi connectivity index (χ4v) is 1.96. The zero-order valence-corrected chi connectivity index (χ0v) is 9.71. The van der Waals surface area contributed by atoms with Gasteiger partial charge in [0.05, 0.1) is 0 Å². The molecule has 0 aliphatic carbocycles. The number of benzene rings is 1. The van der Waals surface area contributed by atoms with Crippen LogP contribution in [0.5, 0.6) is 0 Å². The van der Waals surface area contributed by atoms with Crippen LogP contribution in [0.3, 0.4) is 0 Å². The van der Waals surface area contributed by atoms with Crippen molar-refractivity contribution in [2.45, 2.75) is 32.1 Å². The van der Waals surface area contributed by atoms with E-state index in [2.05, 4.69) is 0 Å². The van der Waals surface area contributed by atoms with Gasteiger partial charge in [-0.3, -0.25) is 4.79 Å². The van der Waals surface area contributed by atoms with Crippen molar-refractivity contribution in [2.24, 2.45) is 0 Å². The molecule has 3 heteroatoms. The van der Waals surface area contributed by atoms with Crippen LogP contribution >= 0.6 is 11.6 Å². The van der Waals surface area contributed by atoms with Crippen molar-refractivity contribution < 1.29 is 9.90 Å². The molecule has 0 fully saturated rings. The number of hydrogen-bond acceptors (Lipinski definition) is 1. The van der Waals surface area contributed by atoms with E-state index in [9.17, 15) is 4.79 Å². The second kappa shape index (κ2) is 4.67. The molecule has 1 N–H and O–H groups in total. The van der Waals surface area contributed by atoms with Crippen LogP contribution in [0.4, 0.5) is 0 Å². The zero-order chi connectivity index (χ0) is 11.5. The molecule has 1 rings (SSSR count). The van der Waals surface area contributed by atoms with Crippen LogP contribution in [0.1, 0.15) is 32.3 Å². The van der Waals surface area contributed by atoms with Gasteiger partial charge in [-0.25, -0.2) is 0 Å². The Labute approximate surface area is 94.9 Å². The SMILES string of the molecule is CC(C)(CCC(=O)O)c1ccccc1Cl. The van der Waals surface area contributed by atoms with Crippen molar-refractivity contribution in [3.63, 3.8) is 0 Å². The van der Waals surface area contributed by atoms with Crippen molar-refractivity contribution in [3.05, 3.63) is 34.9 Å². The normalized spacial score (nSPS) is 11.4. The predicted octanol–water partition coefficient (Wildman–Crippen LogP) is 3.48. The maximum atomic E-state index is 10.5. The molecule has 0 saturated carbocycles. The number of hydrogen-bond donors (Lipinski definition) is 1. The fourth-order valence-electron chi connectivity index (χ4n) is 1.56. The lowest BCUT2D eigenvalue weighted by Crippen LogP contribution is -2.19. The summed E-state index contributed by atoms with van der Waals surface area (Å²) < 4.78 is 0. The second-order valence-electron chi connectivity index (χ2n) is 4.26. The molecule has 0 bridgehead atoms. The molecule has 0 atom stereocenters. The molecule has 1 aromatic rings. The summed E-state index contributed by atoms with van der Waals surface area (Å²) in [6, 6.07) is 7.58. The Morgan fingerprint density at radius 1 is 1.40 bits per heavy atom. The summed E-state index contributed by atoms with van der Waals surface area (Å²) in [6.45, 7) is 4.02.